The van der Waals surface area contributed by atoms with Crippen molar-refractivity contribution in [1.82, 2.24) is 0 Å². The summed E-state index contributed by atoms with van der Waals surface area (Å²) in [7, 11) is 0. The molecule has 0 aliphatic heterocycles. The number of carbonyl (C=O) groups is 2. The van der Waals surface area contributed by atoms with Gasteiger partial charge < -0.3 is 9.47 Å². The molecule has 0 saturated heterocycles. The van der Waals surface area contributed by atoms with Gasteiger partial charge in [-0.2, -0.15) is 0 Å². The van der Waals surface area contributed by atoms with Crippen molar-refractivity contribution in [2.24, 2.45) is 0 Å². The van der Waals surface area contributed by atoms with Crippen molar-refractivity contribution in [1.29, 1.82) is 0 Å². The Hall–Kier alpha value is -1.58. The first-order chi connectivity index (χ1) is 18.7. The maximum absolute atomic E-state index is 11.8. The van der Waals surface area contributed by atoms with E-state index in [2.05, 4.69) is 38.2 Å². The molecular formula is C34H62O4. The molecule has 0 rings (SSSR count). The number of ether oxygens (including phenoxy) is 2. The van der Waals surface area contributed by atoms with E-state index in [1.165, 1.54) is 116 Å². The topological polar surface area (TPSA) is 52.6 Å². The van der Waals surface area contributed by atoms with E-state index < -0.39 is 0 Å². The summed E-state index contributed by atoms with van der Waals surface area (Å²) in [5.74, 6) is -0.364. The van der Waals surface area contributed by atoms with Crippen LogP contribution in [0.15, 0.2) is 24.3 Å². The lowest BCUT2D eigenvalue weighted by Crippen LogP contribution is -2.13. The van der Waals surface area contributed by atoms with Crippen molar-refractivity contribution in [3.05, 3.63) is 24.3 Å². The largest absolute Gasteiger partial charge is 0.462 e. The molecule has 0 N–H and O–H groups in total. The standard InChI is InChI=1S/C34H62O4/c1-3-5-7-9-11-13-15-17-19-21-23-25-27-29-33(35)37-31-32-38-34(36)30-28-26-24-22-20-18-16-14-12-10-8-6-4-2/h13-16H,3-12,17-32H2,1-2H3/b15-13-,16-14-. The lowest BCUT2D eigenvalue weighted by Gasteiger charge is -2.07. The number of esters is 2. The quantitative estimate of drug-likeness (QED) is 0.0544. The van der Waals surface area contributed by atoms with Gasteiger partial charge in [-0.1, -0.05) is 115 Å². The van der Waals surface area contributed by atoms with Crippen LogP contribution in [0.4, 0.5) is 0 Å². The predicted molar refractivity (Wildman–Crippen MR) is 162 cm³/mol. The third-order valence-corrected chi connectivity index (χ3v) is 6.89. The Morgan fingerprint density at radius 2 is 0.711 bits per heavy atom. The highest BCUT2D eigenvalue weighted by Gasteiger charge is 2.05. The maximum Gasteiger partial charge on any atom is 0.305 e. The molecule has 0 aliphatic rings. The molecule has 38 heavy (non-hydrogen) atoms. The fourth-order valence-electron chi connectivity index (χ4n) is 4.43. The van der Waals surface area contributed by atoms with E-state index in [-0.39, 0.29) is 25.2 Å². The number of hydrogen-bond donors (Lipinski definition) is 0. The van der Waals surface area contributed by atoms with E-state index in [0.29, 0.717) is 12.8 Å². The van der Waals surface area contributed by atoms with Gasteiger partial charge in [0.2, 0.25) is 0 Å². The molecule has 0 spiro atoms. The fraction of sp³-hybridized carbons (Fsp3) is 0.824. The van der Waals surface area contributed by atoms with Crippen molar-refractivity contribution in [3.8, 4) is 0 Å². The van der Waals surface area contributed by atoms with E-state index in [9.17, 15) is 9.59 Å². The molecule has 0 saturated carbocycles. The Morgan fingerprint density at radius 3 is 1.05 bits per heavy atom. The van der Waals surface area contributed by atoms with Crippen LogP contribution in [0.1, 0.15) is 168 Å². The van der Waals surface area contributed by atoms with Crippen LogP contribution >= 0.6 is 0 Å². The van der Waals surface area contributed by atoms with Gasteiger partial charge in [-0.15, -0.1) is 0 Å². The van der Waals surface area contributed by atoms with Crippen LogP contribution < -0.4 is 0 Å². The number of hydrogen-bond acceptors (Lipinski definition) is 4. The Bertz CT molecular complexity index is 517. The Morgan fingerprint density at radius 1 is 0.421 bits per heavy atom. The molecule has 0 aliphatic carbocycles. The van der Waals surface area contributed by atoms with Gasteiger partial charge in [0.05, 0.1) is 0 Å². The van der Waals surface area contributed by atoms with Gasteiger partial charge in [-0.05, 0) is 64.2 Å². The van der Waals surface area contributed by atoms with Gasteiger partial charge in [-0.25, -0.2) is 0 Å². The summed E-state index contributed by atoms with van der Waals surface area (Å²) in [6, 6.07) is 0. The van der Waals surface area contributed by atoms with E-state index in [1.54, 1.807) is 0 Å². The summed E-state index contributed by atoms with van der Waals surface area (Å²) in [5.41, 5.74) is 0. The molecule has 0 aromatic heterocycles. The molecule has 0 radical (unpaired) electrons. The maximum atomic E-state index is 11.8. The summed E-state index contributed by atoms with van der Waals surface area (Å²) in [4.78, 5) is 23.6. The predicted octanol–water partition coefficient (Wildman–Crippen LogP) is 10.6. The van der Waals surface area contributed by atoms with Gasteiger partial charge in [-0.3, -0.25) is 9.59 Å². The third-order valence-electron chi connectivity index (χ3n) is 6.89. The molecule has 4 heteroatoms. The van der Waals surface area contributed by atoms with Gasteiger partial charge in [0, 0.05) is 12.8 Å². The third kappa shape index (κ3) is 30.6. The molecule has 0 amide bonds. The van der Waals surface area contributed by atoms with Gasteiger partial charge in [0.15, 0.2) is 0 Å². The van der Waals surface area contributed by atoms with E-state index in [1.807, 2.05) is 0 Å². The second-order valence-corrected chi connectivity index (χ2v) is 10.7. The lowest BCUT2D eigenvalue weighted by atomic mass is 10.1. The molecule has 0 bridgehead atoms. The first kappa shape index (κ1) is 36.4. The van der Waals surface area contributed by atoms with Crippen LogP contribution in [0.2, 0.25) is 0 Å². The van der Waals surface area contributed by atoms with Crippen LogP contribution in [0.5, 0.6) is 0 Å². The molecular weight excluding hydrogens is 472 g/mol. The zero-order valence-electron chi connectivity index (χ0n) is 25.3. The minimum Gasteiger partial charge on any atom is -0.462 e. The second-order valence-electron chi connectivity index (χ2n) is 10.7. The summed E-state index contributed by atoms with van der Waals surface area (Å²) in [6.07, 6.45) is 36.8. The average Bonchev–Trinajstić information content (AvgIpc) is 2.92. The first-order valence-corrected chi connectivity index (χ1v) is 16.3. The van der Waals surface area contributed by atoms with E-state index in [0.717, 1.165) is 25.7 Å². The van der Waals surface area contributed by atoms with Gasteiger partial charge >= 0.3 is 11.9 Å². The minimum absolute atomic E-state index is 0.168. The molecule has 0 aromatic rings. The fourth-order valence-corrected chi connectivity index (χ4v) is 4.43. The van der Waals surface area contributed by atoms with Crippen molar-refractivity contribution in [3.63, 3.8) is 0 Å². The summed E-state index contributed by atoms with van der Waals surface area (Å²) < 4.78 is 10.4. The van der Waals surface area contributed by atoms with Crippen LogP contribution in [0, 0.1) is 0 Å². The molecule has 222 valence electrons. The van der Waals surface area contributed by atoms with Crippen LogP contribution in [0.25, 0.3) is 0 Å². The zero-order chi connectivity index (χ0) is 27.8. The number of unbranched alkanes of at least 4 members (excludes halogenated alkanes) is 18. The smallest absolute Gasteiger partial charge is 0.305 e. The van der Waals surface area contributed by atoms with Gasteiger partial charge in [0.1, 0.15) is 13.2 Å². The van der Waals surface area contributed by atoms with Crippen LogP contribution in [-0.4, -0.2) is 25.2 Å². The molecule has 0 unspecified atom stereocenters. The molecule has 0 aromatic carbocycles. The van der Waals surface area contributed by atoms with Crippen LogP contribution in [0.3, 0.4) is 0 Å². The van der Waals surface area contributed by atoms with Crippen LogP contribution in [-0.2, 0) is 19.1 Å². The molecule has 0 heterocycles. The highest BCUT2D eigenvalue weighted by molar-refractivity contribution is 5.70. The first-order valence-electron chi connectivity index (χ1n) is 16.3. The Balaban J connectivity index is 3.35. The van der Waals surface area contributed by atoms with Gasteiger partial charge in [0.25, 0.3) is 0 Å². The monoisotopic (exact) mass is 534 g/mol. The number of allylic oxidation sites excluding steroid dienone is 4. The van der Waals surface area contributed by atoms with Crippen molar-refractivity contribution in [2.45, 2.75) is 168 Å². The number of rotatable bonds is 29. The summed E-state index contributed by atoms with van der Waals surface area (Å²) >= 11 is 0. The van der Waals surface area contributed by atoms with Crippen molar-refractivity contribution < 1.29 is 19.1 Å². The summed E-state index contributed by atoms with van der Waals surface area (Å²) in [6.45, 7) is 4.83. The van der Waals surface area contributed by atoms with Crippen molar-refractivity contribution >= 4 is 11.9 Å². The number of carbonyl (C=O) groups excluding carboxylic acids is 2. The van der Waals surface area contributed by atoms with Crippen molar-refractivity contribution in [2.75, 3.05) is 13.2 Å². The van der Waals surface area contributed by atoms with E-state index in [4.69, 9.17) is 9.47 Å². The SMILES string of the molecule is CCCCCC/C=C\CCCCCCCC(=O)OCCOC(=O)CCCCCCC/C=C\CCCCCC. The lowest BCUT2D eigenvalue weighted by molar-refractivity contribution is -0.152. The second kappa shape index (κ2) is 31.6. The summed E-state index contributed by atoms with van der Waals surface area (Å²) in [5, 5.41) is 0. The Kier molecular flexibility index (Phi) is 30.3. The zero-order valence-corrected chi connectivity index (χ0v) is 25.3. The highest BCUT2D eigenvalue weighted by atomic mass is 16.6. The average molecular weight is 535 g/mol. The molecule has 4 nitrogen and oxygen atoms in total. The molecule has 0 fully saturated rings. The Labute approximate surface area is 236 Å². The van der Waals surface area contributed by atoms with E-state index >= 15 is 0 Å². The normalized spacial score (nSPS) is 11.5. The minimum atomic E-state index is -0.182. The highest BCUT2D eigenvalue weighted by Crippen LogP contribution is 2.11. The molecule has 0 atom stereocenters.